The quantitative estimate of drug-likeness (QED) is 0.715. The zero-order chi connectivity index (χ0) is 19.0. The molecule has 0 aromatic carbocycles. The van der Waals surface area contributed by atoms with Gasteiger partial charge in [-0.2, -0.15) is 15.3 Å². The molecule has 0 spiro atoms. The Morgan fingerprint density at radius 2 is 2.11 bits per heavy atom. The third-order valence-corrected chi connectivity index (χ3v) is 5.35. The second kappa shape index (κ2) is 7.28. The van der Waals surface area contributed by atoms with Gasteiger partial charge in [-0.25, -0.2) is 0 Å². The minimum Gasteiger partial charge on any atom is -0.380 e. The van der Waals surface area contributed by atoms with Crippen LogP contribution in [0.25, 0.3) is 0 Å². The van der Waals surface area contributed by atoms with Gasteiger partial charge in [0.2, 0.25) is 0 Å². The van der Waals surface area contributed by atoms with E-state index in [9.17, 15) is 5.11 Å². The lowest BCUT2D eigenvalue weighted by Gasteiger charge is -2.27. The van der Waals surface area contributed by atoms with Gasteiger partial charge < -0.3 is 5.11 Å². The van der Waals surface area contributed by atoms with Gasteiger partial charge in [-0.3, -0.25) is 18.9 Å². The number of hydrogen-bond donors (Lipinski definition) is 1. The highest BCUT2D eigenvalue weighted by Crippen LogP contribution is 2.24. The lowest BCUT2D eigenvalue weighted by atomic mass is 10.1. The maximum atomic E-state index is 10.6. The highest BCUT2D eigenvalue weighted by atomic mass is 16.3. The van der Waals surface area contributed by atoms with E-state index in [-0.39, 0.29) is 0 Å². The minimum atomic E-state index is -0.751. The first-order chi connectivity index (χ1) is 13.1. The van der Waals surface area contributed by atoms with Crippen molar-refractivity contribution in [2.24, 2.45) is 7.05 Å². The molecule has 4 rings (SSSR count). The van der Waals surface area contributed by atoms with E-state index in [2.05, 4.69) is 38.7 Å². The number of rotatable bonds is 6. The van der Waals surface area contributed by atoms with E-state index < -0.39 is 6.10 Å². The lowest BCUT2D eigenvalue weighted by Crippen LogP contribution is -2.33. The third kappa shape index (κ3) is 3.42. The number of aromatic nitrogens is 6. The number of aliphatic hydroxyl groups excluding tert-OH is 1. The number of nitrogens with zero attached hydrogens (tertiary/aromatic N) is 7. The van der Waals surface area contributed by atoms with Crippen molar-refractivity contribution in [2.45, 2.75) is 52.6 Å². The van der Waals surface area contributed by atoms with E-state index in [0.29, 0.717) is 5.69 Å². The molecule has 144 valence electrons. The molecular formula is C19H27N7O. The fourth-order valence-corrected chi connectivity index (χ4v) is 3.73. The summed E-state index contributed by atoms with van der Waals surface area (Å²) >= 11 is 0. The predicted octanol–water partition coefficient (Wildman–Crippen LogP) is 1.63. The number of fused-ring (bicyclic) bond motifs is 1. The third-order valence-electron chi connectivity index (χ3n) is 5.35. The van der Waals surface area contributed by atoms with Crippen LogP contribution in [0.3, 0.4) is 0 Å². The summed E-state index contributed by atoms with van der Waals surface area (Å²) in [6, 6.07) is 3.84. The highest BCUT2D eigenvalue weighted by molar-refractivity contribution is 5.22. The molecular weight excluding hydrogens is 342 g/mol. The summed E-state index contributed by atoms with van der Waals surface area (Å²) in [6.07, 6.45) is 4.02. The van der Waals surface area contributed by atoms with E-state index in [4.69, 9.17) is 0 Å². The molecule has 0 bridgehead atoms. The fraction of sp³-hybridized carbons (Fsp3) is 0.526. The maximum Gasteiger partial charge on any atom is 0.139 e. The van der Waals surface area contributed by atoms with Gasteiger partial charge in [0.15, 0.2) is 0 Å². The van der Waals surface area contributed by atoms with Crippen molar-refractivity contribution >= 4 is 0 Å². The molecule has 0 aliphatic carbocycles. The lowest BCUT2D eigenvalue weighted by molar-refractivity contribution is 0.196. The zero-order valence-electron chi connectivity index (χ0n) is 16.2. The standard InChI is InChI=1S/C19H27N7O/c1-4-7-25-14(2)15(11-21-25)12-24-8-9-26-16(13-24)10-17(22-26)19(27)18-5-6-20-23(18)3/h5-6,10-11,19,27H,4,7-9,12-13H2,1-3H3. The summed E-state index contributed by atoms with van der Waals surface area (Å²) < 4.78 is 5.79. The van der Waals surface area contributed by atoms with Crippen molar-refractivity contribution in [3.63, 3.8) is 0 Å². The van der Waals surface area contributed by atoms with Crippen LogP contribution in [-0.2, 0) is 33.2 Å². The Morgan fingerprint density at radius 3 is 2.85 bits per heavy atom. The van der Waals surface area contributed by atoms with Crippen LogP contribution in [-0.4, -0.2) is 45.9 Å². The van der Waals surface area contributed by atoms with Crippen LogP contribution in [0.5, 0.6) is 0 Å². The number of hydrogen-bond acceptors (Lipinski definition) is 5. The number of aliphatic hydroxyl groups is 1. The summed E-state index contributed by atoms with van der Waals surface area (Å²) in [4.78, 5) is 2.41. The van der Waals surface area contributed by atoms with E-state index in [1.54, 1.807) is 10.9 Å². The Bertz CT molecular complexity index is 923. The van der Waals surface area contributed by atoms with Crippen LogP contribution >= 0.6 is 0 Å². The first-order valence-electron chi connectivity index (χ1n) is 9.53. The zero-order valence-corrected chi connectivity index (χ0v) is 16.2. The summed E-state index contributed by atoms with van der Waals surface area (Å²) in [5.74, 6) is 0. The SMILES string of the molecule is CCCn1ncc(CN2CCn3nc(C(O)c4ccnn4C)cc3C2)c1C. The first-order valence-corrected chi connectivity index (χ1v) is 9.53. The molecule has 8 heteroatoms. The molecule has 1 aliphatic rings. The molecule has 8 nitrogen and oxygen atoms in total. The van der Waals surface area contributed by atoms with Crippen molar-refractivity contribution in [3.8, 4) is 0 Å². The molecule has 4 heterocycles. The second-order valence-corrected chi connectivity index (χ2v) is 7.25. The van der Waals surface area contributed by atoms with Crippen LogP contribution in [0.2, 0.25) is 0 Å². The first kappa shape index (κ1) is 17.9. The van der Waals surface area contributed by atoms with Crippen molar-refractivity contribution in [3.05, 3.63) is 52.9 Å². The minimum absolute atomic E-state index is 0.683. The van der Waals surface area contributed by atoms with Crippen molar-refractivity contribution in [1.82, 2.24) is 34.2 Å². The molecule has 0 amide bonds. The molecule has 1 N–H and O–H groups in total. The molecule has 3 aromatic rings. The Balaban J connectivity index is 1.47. The molecule has 3 aromatic heterocycles. The van der Waals surface area contributed by atoms with Crippen molar-refractivity contribution < 1.29 is 5.11 Å². The van der Waals surface area contributed by atoms with Gasteiger partial charge >= 0.3 is 0 Å². The number of aryl methyl sites for hydroxylation is 2. The van der Waals surface area contributed by atoms with Crippen LogP contribution < -0.4 is 0 Å². The van der Waals surface area contributed by atoms with Gasteiger partial charge in [-0.05, 0) is 25.5 Å². The molecule has 1 atom stereocenters. The molecule has 1 unspecified atom stereocenters. The van der Waals surface area contributed by atoms with E-state index >= 15 is 0 Å². The van der Waals surface area contributed by atoms with Crippen molar-refractivity contribution in [1.29, 1.82) is 0 Å². The van der Waals surface area contributed by atoms with E-state index in [0.717, 1.165) is 50.5 Å². The Morgan fingerprint density at radius 1 is 1.26 bits per heavy atom. The molecule has 27 heavy (non-hydrogen) atoms. The fourth-order valence-electron chi connectivity index (χ4n) is 3.73. The summed E-state index contributed by atoms with van der Waals surface area (Å²) in [5.41, 5.74) is 5.11. The van der Waals surface area contributed by atoms with Crippen LogP contribution in [0.4, 0.5) is 0 Å². The Kier molecular flexibility index (Phi) is 4.84. The molecule has 0 radical (unpaired) electrons. The summed E-state index contributed by atoms with van der Waals surface area (Å²) in [6.45, 7) is 8.76. The molecule has 0 fully saturated rings. The topological polar surface area (TPSA) is 76.9 Å². The van der Waals surface area contributed by atoms with Crippen LogP contribution in [0.15, 0.2) is 24.5 Å². The van der Waals surface area contributed by atoms with Crippen LogP contribution in [0, 0.1) is 6.92 Å². The predicted molar refractivity (Wildman–Crippen MR) is 101 cm³/mol. The average molecular weight is 369 g/mol. The average Bonchev–Trinajstić information content (AvgIpc) is 3.36. The van der Waals surface area contributed by atoms with E-state index in [1.807, 2.05) is 30.1 Å². The molecule has 0 saturated heterocycles. The monoisotopic (exact) mass is 369 g/mol. The summed E-state index contributed by atoms with van der Waals surface area (Å²) in [7, 11) is 1.83. The van der Waals surface area contributed by atoms with Gasteiger partial charge in [0.1, 0.15) is 6.10 Å². The largest absolute Gasteiger partial charge is 0.380 e. The molecule has 0 saturated carbocycles. The Hall–Kier alpha value is -2.45. The summed E-state index contributed by atoms with van der Waals surface area (Å²) in [5, 5.41) is 23.9. The normalized spacial score (nSPS) is 15.9. The van der Waals surface area contributed by atoms with Gasteiger partial charge in [-0.15, -0.1) is 0 Å². The smallest absolute Gasteiger partial charge is 0.139 e. The van der Waals surface area contributed by atoms with E-state index in [1.165, 1.54) is 11.3 Å². The Labute approximate surface area is 159 Å². The van der Waals surface area contributed by atoms with Gasteiger partial charge in [-0.1, -0.05) is 6.92 Å². The van der Waals surface area contributed by atoms with Crippen LogP contribution in [0.1, 0.15) is 47.8 Å². The van der Waals surface area contributed by atoms with Gasteiger partial charge in [0.25, 0.3) is 0 Å². The second-order valence-electron chi connectivity index (χ2n) is 7.25. The van der Waals surface area contributed by atoms with Crippen molar-refractivity contribution in [2.75, 3.05) is 6.54 Å². The highest BCUT2D eigenvalue weighted by Gasteiger charge is 2.24. The van der Waals surface area contributed by atoms with Gasteiger partial charge in [0.05, 0.1) is 29.8 Å². The molecule has 1 aliphatic heterocycles. The maximum absolute atomic E-state index is 10.6. The van der Waals surface area contributed by atoms with Gasteiger partial charge in [0, 0.05) is 50.7 Å².